The van der Waals surface area contributed by atoms with Crippen molar-refractivity contribution in [3.8, 4) is 0 Å². The minimum Gasteiger partial charge on any atom is -0.361 e. The molecule has 2 fully saturated rings. The highest BCUT2D eigenvalue weighted by atomic mass is 19.1. The molecular weight excluding hydrogens is 283 g/mol. The Morgan fingerprint density at radius 3 is 2.73 bits per heavy atom. The van der Waals surface area contributed by atoms with Gasteiger partial charge < -0.3 is 9.88 Å². The number of benzene rings is 1. The summed E-state index contributed by atoms with van der Waals surface area (Å²) in [5, 5.41) is 0.876. The molecule has 1 N–H and O–H groups in total. The number of Topliss-reactive ketones (excluding diaryl/α,β-unsaturated/α-hetero) is 1. The normalized spacial score (nSPS) is 18.5. The van der Waals surface area contributed by atoms with E-state index in [1.807, 2.05) is 0 Å². The van der Waals surface area contributed by atoms with Gasteiger partial charge in [0, 0.05) is 36.1 Å². The molecule has 2 aromatic rings. The molecule has 0 spiro atoms. The Bertz CT molecular complexity index is 757. The third kappa shape index (κ3) is 2.30. The lowest BCUT2D eigenvalue weighted by molar-refractivity contribution is -0.142. The molecule has 4 nitrogen and oxygen atoms in total. The van der Waals surface area contributed by atoms with Crippen molar-refractivity contribution < 1.29 is 14.0 Å². The highest BCUT2D eigenvalue weighted by Crippen LogP contribution is 2.35. The van der Waals surface area contributed by atoms with Gasteiger partial charge in [-0.3, -0.25) is 9.59 Å². The standard InChI is InChI=1S/C17H17FN2O2/c18-13-3-4-14-11(7-19-15(14)6-13)5-16(21)20-8-12(9-20)17(22)10-1-2-10/h3-4,6-7,10,12,19H,1-2,5,8-9H2. The Hall–Kier alpha value is -2.17. The molecule has 5 heteroatoms. The van der Waals surface area contributed by atoms with Gasteiger partial charge in [-0.05, 0) is 36.6 Å². The molecule has 1 saturated carbocycles. The number of rotatable bonds is 4. The predicted octanol–water partition coefficient (Wildman–Crippen LogP) is 2.29. The number of nitrogens with one attached hydrogen (secondary N) is 1. The first-order valence-electron chi connectivity index (χ1n) is 7.69. The molecule has 1 aromatic heterocycles. The largest absolute Gasteiger partial charge is 0.361 e. The van der Waals surface area contributed by atoms with E-state index in [4.69, 9.17) is 0 Å². The van der Waals surface area contributed by atoms with Gasteiger partial charge >= 0.3 is 0 Å². The van der Waals surface area contributed by atoms with Crippen LogP contribution in [0.2, 0.25) is 0 Å². The van der Waals surface area contributed by atoms with Crippen molar-refractivity contribution in [1.29, 1.82) is 0 Å². The number of ketones is 1. The summed E-state index contributed by atoms with van der Waals surface area (Å²) < 4.78 is 13.2. The van der Waals surface area contributed by atoms with Crippen LogP contribution in [0.1, 0.15) is 18.4 Å². The number of amides is 1. The first-order valence-corrected chi connectivity index (χ1v) is 7.69. The van der Waals surface area contributed by atoms with E-state index in [2.05, 4.69) is 4.98 Å². The lowest BCUT2D eigenvalue weighted by Crippen LogP contribution is -2.53. The second-order valence-electron chi connectivity index (χ2n) is 6.35. The zero-order valence-electron chi connectivity index (χ0n) is 12.1. The van der Waals surface area contributed by atoms with E-state index in [1.54, 1.807) is 17.2 Å². The van der Waals surface area contributed by atoms with Crippen molar-refractivity contribution in [3.05, 3.63) is 35.8 Å². The smallest absolute Gasteiger partial charge is 0.227 e. The topological polar surface area (TPSA) is 53.2 Å². The molecule has 1 aromatic carbocycles. The molecule has 0 atom stereocenters. The fraction of sp³-hybridized carbons (Fsp3) is 0.412. The molecule has 22 heavy (non-hydrogen) atoms. The molecule has 0 bridgehead atoms. The van der Waals surface area contributed by atoms with Crippen LogP contribution in [0.25, 0.3) is 10.9 Å². The maximum absolute atomic E-state index is 13.2. The van der Waals surface area contributed by atoms with Crippen LogP contribution in [0.5, 0.6) is 0 Å². The lowest BCUT2D eigenvalue weighted by Gasteiger charge is -2.38. The zero-order valence-corrected chi connectivity index (χ0v) is 12.1. The van der Waals surface area contributed by atoms with Gasteiger partial charge in [0.2, 0.25) is 5.91 Å². The van der Waals surface area contributed by atoms with Gasteiger partial charge in [0.15, 0.2) is 0 Å². The highest BCUT2D eigenvalue weighted by Gasteiger charge is 2.41. The number of aromatic nitrogens is 1. The van der Waals surface area contributed by atoms with Gasteiger partial charge in [0.1, 0.15) is 11.6 Å². The summed E-state index contributed by atoms with van der Waals surface area (Å²) in [5.41, 5.74) is 1.57. The molecule has 4 rings (SSSR count). The summed E-state index contributed by atoms with van der Waals surface area (Å²) in [5.74, 6) is 0.396. The molecule has 2 aliphatic rings. The van der Waals surface area contributed by atoms with E-state index in [-0.39, 0.29) is 30.0 Å². The molecule has 114 valence electrons. The maximum Gasteiger partial charge on any atom is 0.227 e. The van der Waals surface area contributed by atoms with Crippen molar-refractivity contribution in [2.24, 2.45) is 11.8 Å². The highest BCUT2D eigenvalue weighted by molar-refractivity contribution is 5.91. The average molecular weight is 300 g/mol. The monoisotopic (exact) mass is 300 g/mol. The number of H-pyrrole nitrogens is 1. The van der Waals surface area contributed by atoms with Crippen LogP contribution >= 0.6 is 0 Å². The van der Waals surface area contributed by atoms with Crippen LogP contribution in [0.15, 0.2) is 24.4 Å². The molecule has 1 aliphatic carbocycles. The lowest BCUT2D eigenvalue weighted by atomic mass is 9.92. The second-order valence-corrected chi connectivity index (χ2v) is 6.35. The summed E-state index contributed by atoms with van der Waals surface area (Å²) in [7, 11) is 0. The van der Waals surface area contributed by atoms with Gasteiger partial charge in [0.05, 0.1) is 12.3 Å². The van der Waals surface area contributed by atoms with Gasteiger partial charge in [-0.15, -0.1) is 0 Å². The van der Waals surface area contributed by atoms with Gasteiger partial charge in [0.25, 0.3) is 0 Å². The summed E-state index contributed by atoms with van der Waals surface area (Å²) in [6.07, 6.45) is 4.09. The van der Waals surface area contributed by atoms with Crippen LogP contribution in [0.4, 0.5) is 4.39 Å². The predicted molar refractivity (Wildman–Crippen MR) is 79.8 cm³/mol. The second kappa shape index (κ2) is 4.93. The number of carbonyl (C=O) groups excluding carboxylic acids is 2. The van der Waals surface area contributed by atoms with Crippen LogP contribution in [-0.2, 0) is 16.0 Å². The summed E-state index contributed by atoms with van der Waals surface area (Å²) >= 11 is 0. The Balaban J connectivity index is 1.40. The van der Waals surface area contributed by atoms with Crippen molar-refractivity contribution >= 4 is 22.6 Å². The Kier molecular flexibility index (Phi) is 3.03. The van der Waals surface area contributed by atoms with Crippen molar-refractivity contribution in [2.75, 3.05) is 13.1 Å². The first kappa shape index (κ1) is 13.5. The number of aromatic amines is 1. The fourth-order valence-electron chi connectivity index (χ4n) is 3.14. The van der Waals surface area contributed by atoms with Crippen molar-refractivity contribution in [2.45, 2.75) is 19.3 Å². The van der Waals surface area contributed by atoms with Crippen molar-refractivity contribution in [1.82, 2.24) is 9.88 Å². The third-order valence-electron chi connectivity index (χ3n) is 4.69. The summed E-state index contributed by atoms with van der Waals surface area (Å²) in [6, 6.07) is 4.52. The molecule has 2 heterocycles. The summed E-state index contributed by atoms with van der Waals surface area (Å²) in [6.45, 7) is 1.12. The van der Waals surface area contributed by atoms with E-state index in [0.29, 0.717) is 24.4 Å². The molecule has 0 unspecified atom stereocenters. The average Bonchev–Trinajstić information content (AvgIpc) is 3.21. The molecule has 0 radical (unpaired) electrons. The van der Waals surface area contributed by atoms with Crippen LogP contribution in [0.3, 0.4) is 0 Å². The van der Waals surface area contributed by atoms with Crippen LogP contribution in [0, 0.1) is 17.7 Å². The van der Waals surface area contributed by atoms with E-state index >= 15 is 0 Å². The van der Waals surface area contributed by atoms with E-state index in [9.17, 15) is 14.0 Å². The molecule has 1 amide bonds. The quantitative estimate of drug-likeness (QED) is 0.942. The number of likely N-dealkylation sites (tertiary alicyclic amines) is 1. The van der Waals surface area contributed by atoms with Crippen LogP contribution < -0.4 is 0 Å². The molecular formula is C17H17FN2O2. The number of fused-ring (bicyclic) bond motifs is 1. The first-order chi connectivity index (χ1) is 10.6. The van der Waals surface area contributed by atoms with E-state index in [0.717, 1.165) is 23.8 Å². The minimum absolute atomic E-state index is 0.0325. The Labute approximate surface area is 127 Å². The number of halogens is 1. The van der Waals surface area contributed by atoms with E-state index < -0.39 is 0 Å². The van der Waals surface area contributed by atoms with Gasteiger partial charge in [-0.1, -0.05) is 0 Å². The Morgan fingerprint density at radius 2 is 2.00 bits per heavy atom. The number of nitrogens with zero attached hydrogens (tertiary/aromatic N) is 1. The van der Waals surface area contributed by atoms with Crippen LogP contribution in [-0.4, -0.2) is 34.7 Å². The van der Waals surface area contributed by atoms with Crippen molar-refractivity contribution in [3.63, 3.8) is 0 Å². The zero-order chi connectivity index (χ0) is 15.3. The fourth-order valence-corrected chi connectivity index (χ4v) is 3.14. The van der Waals surface area contributed by atoms with E-state index in [1.165, 1.54) is 12.1 Å². The molecule has 1 aliphatic heterocycles. The Morgan fingerprint density at radius 1 is 1.23 bits per heavy atom. The number of hydrogen-bond donors (Lipinski definition) is 1. The SMILES string of the molecule is O=C(C1CC1)C1CN(C(=O)Cc2c[nH]c3cc(F)ccc23)C1. The number of hydrogen-bond acceptors (Lipinski definition) is 2. The molecule has 1 saturated heterocycles. The number of carbonyl (C=O) groups is 2. The minimum atomic E-state index is -0.295. The summed E-state index contributed by atoms with van der Waals surface area (Å²) in [4.78, 5) is 28.9. The van der Waals surface area contributed by atoms with Gasteiger partial charge in [-0.25, -0.2) is 4.39 Å². The van der Waals surface area contributed by atoms with Gasteiger partial charge in [-0.2, -0.15) is 0 Å². The maximum atomic E-state index is 13.2. The third-order valence-corrected chi connectivity index (χ3v) is 4.69.